The smallest absolute Gasteiger partial charge is 0.387 e. The van der Waals surface area contributed by atoms with Gasteiger partial charge in [-0.05, 0) is 36.8 Å². The molecule has 0 aliphatic rings. The summed E-state index contributed by atoms with van der Waals surface area (Å²) in [6.07, 6.45) is 3.92. The topological polar surface area (TPSA) is 73.2 Å². The second-order valence-electron chi connectivity index (χ2n) is 6.84. The molecule has 3 rings (SSSR count). The highest BCUT2D eigenvalue weighted by atomic mass is 19.3. The molecule has 0 unspecified atom stereocenters. The zero-order valence-corrected chi connectivity index (χ0v) is 16.6. The van der Waals surface area contributed by atoms with Crippen LogP contribution in [0, 0.1) is 0 Å². The fourth-order valence-electron chi connectivity index (χ4n) is 3.15. The third kappa shape index (κ3) is 5.20. The lowest BCUT2D eigenvalue weighted by molar-refractivity contribution is -0.0498. The van der Waals surface area contributed by atoms with Gasteiger partial charge in [0.1, 0.15) is 5.75 Å². The Morgan fingerprint density at radius 3 is 2.43 bits per heavy atom. The second-order valence-corrected chi connectivity index (χ2v) is 6.84. The summed E-state index contributed by atoms with van der Waals surface area (Å²) in [5.41, 5.74) is 0.300. The molecular weight excluding hydrogens is 392 g/mol. The molecule has 6 nitrogen and oxygen atoms in total. The van der Waals surface area contributed by atoms with Crippen molar-refractivity contribution >= 4 is 22.4 Å². The summed E-state index contributed by atoms with van der Waals surface area (Å²) in [5, 5.41) is 7.90. The zero-order valence-electron chi connectivity index (χ0n) is 16.6. The molecular formula is C22H23F2N3O3. The molecule has 0 saturated heterocycles. The van der Waals surface area contributed by atoms with E-state index in [2.05, 4.69) is 22.1 Å². The van der Waals surface area contributed by atoms with E-state index in [1.54, 1.807) is 24.3 Å². The molecule has 1 amide bonds. The molecule has 0 fully saturated rings. The molecule has 2 aromatic carbocycles. The van der Waals surface area contributed by atoms with Crippen molar-refractivity contribution < 1.29 is 18.3 Å². The fraction of sp³-hybridized carbons (Fsp3) is 0.318. The molecule has 0 bridgehead atoms. The van der Waals surface area contributed by atoms with Gasteiger partial charge in [0.05, 0.1) is 5.39 Å². The third-order valence-electron chi connectivity index (χ3n) is 4.64. The third-order valence-corrected chi connectivity index (χ3v) is 4.64. The van der Waals surface area contributed by atoms with Crippen molar-refractivity contribution in [3.05, 3.63) is 64.6 Å². The minimum atomic E-state index is -2.92. The van der Waals surface area contributed by atoms with Gasteiger partial charge in [-0.1, -0.05) is 44.4 Å². The summed E-state index contributed by atoms with van der Waals surface area (Å²) >= 11 is 0. The Labute approximate surface area is 172 Å². The van der Waals surface area contributed by atoms with Gasteiger partial charge in [-0.2, -0.15) is 13.9 Å². The Balaban J connectivity index is 1.87. The number of aryl methyl sites for hydroxylation is 1. The van der Waals surface area contributed by atoms with Crippen LogP contribution in [0.25, 0.3) is 10.8 Å². The first-order valence-corrected chi connectivity index (χ1v) is 9.85. The Bertz CT molecular complexity index is 1070. The summed E-state index contributed by atoms with van der Waals surface area (Å²) in [4.78, 5) is 25.6. The highest BCUT2D eigenvalue weighted by molar-refractivity contribution is 6.11. The molecule has 1 N–H and O–H groups in total. The van der Waals surface area contributed by atoms with Crippen molar-refractivity contribution in [1.29, 1.82) is 0 Å². The quantitative estimate of drug-likeness (QED) is 0.508. The van der Waals surface area contributed by atoms with Gasteiger partial charge in [0.25, 0.3) is 11.5 Å². The van der Waals surface area contributed by atoms with E-state index in [1.165, 1.54) is 28.9 Å². The van der Waals surface area contributed by atoms with E-state index < -0.39 is 12.5 Å². The van der Waals surface area contributed by atoms with Gasteiger partial charge in [-0.15, -0.1) is 0 Å². The molecule has 1 heterocycles. The molecule has 1 aromatic heterocycles. The monoisotopic (exact) mass is 415 g/mol. The molecule has 0 atom stereocenters. The van der Waals surface area contributed by atoms with Crippen LogP contribution in [-0.2, 0) is 6.54 Å². The first kappa shape index (κ1) is 21.4. The summed E-state index contributed by atoms with van der Waals surface area (Å²) < 4.78 is 30.2. The number of amides is 1. The first-order valence-electron chi connectivity index (χ1n) is 9.85. The molecule has 3 aromatic rings. The van der Waals surface area contributed by atoms with Crippen LogP contribution in [0.5, 0.6) is 5.75 Å². The van der Waals surface area contributed by atoms with Gasteiger partial charge in [0, 0.05) is 17.6 Å². The molecule has 30 heavy (non-hydrogen) atoms. The highest BCUT2D eigenvalue weighted by Gasteiger charge is 2.17. The van der Waals surface area contributed by atoms with E-state index >= 15 is 0 Å². The van der Waals surface area contributed by atoms with Crippen molar-refractivity contribution in [2.75, 3.05) is 5.32 Å². The predicted molar refractivity (Wildman–Crippen MR) is 111 cm³/mol. The largest absolute Gasteiger partial charge is 0.435 e. The number of nitrogens with zero attached hydrogens (tertiary/aromatic N) is 2. The van der Waals surface area contributed by atoms with Crippen LogP contribution < -0.4 is 15.6 Å². The van der Waals surface area contributed by atoms with E-state index in [-0.39, 0.29) is 17.0 Å². The lowest BCUT2D eigenvalue weighted by Crippen LogP contribution is -2.27. The minimum absolute atomic E-state index is 0.00722. The van der Waals surface area contributed by atoms with E-state index in [4.69, 9.17) is 0 Å². The van der Waals surface area contributed by atoms with Crippen molar-refractivity contribution in [2.45, 2.75) is 45.8 Å². The molecule has 0 aliphatic carbocycles. The number of unbranched alkanes of at least 4 members (excludes halogenated alkanes) is 3. The fourth-order valence-corrected chi connectivity index (χ4v) is 3.15. The molecule has 0 spiro atoms. The summed E-state index contributed by atoms with van der Waals surface area (Å²) in [6.45, 7) is -0.377. The Morgan fingerprint density at radius 2 is 1.77 bits per heavy atom. The maximum Gasteiger partial charge on any atom is 0.387 e. The van der Waals surface area contributed by atoms with Gasteiger partial charge in [0.2, 0.25) is 0 Å². The number of anilines is 1. The number of fused-ring (bicyclic) bond motifs is 1. The number of carbonyl (C=O) groups excluding carboxylic acids is 1. The van der Waals surface area contributed by atoms with Gasteiger partial charge >= 0.3 is 6.61 Å². The number of rotatable bonds is 9. The summed E-state index contributed by atoms with van der Waals surface area (Å²) in [5.74, 6) is -0.497. The van der Waals surface area contributed by atoms with Crippen LogP contribution in [0.2, 0.25) is 0 Å². The zero-order chi connectivity index (χ0) is 21.5. The minimum Gasteiger partial charge on any atom is -0.435 e. The predicted octanol–water partition coefficient (Wildman–Crippen LogP) is 4.83. The van der Waals surface area contributed by atoms with Crippen molar-refractivity contribution in [3.8, 4) is 5.75 Å². The van der Waals surface area contributed by atoms with Gasteiger partial charge in [-0.25, -0.2) is 4.68 Å². The van der Waals surface area contributed by atoms with E-state index in [1.807, 2.05) is 0 Å². The SMILES string of the molecule is CCCCCCn1nc(C(=O)Nc2ccc(OC(F)F)cc2)c2ccccc2c1=O. The number of halogens is 2. The number of hydrogen-bond acceptors (Lipinski definition) is 4. The highest BCUT2D eigenvalue weighted by Crippen LogP contribution is 2.20. The summed E-state index contributed by atoms with van der Waals surface area (Å²) in [7, 11) is 0. The number of carbonyl (C=O) groups is 1. The first-order chi connectivity index (χ1) is 14.5. The number of ether oxygens (including phenoxy) is 1. The van der Waals surface area contributed by atoms with E-state index in [9.17, 15) is 18.4 Å². The lowest BCUT2D eigenvalue weighted by Gasteiger charge is -2.12. The van der Waals surface area contributed by atoms with Crippen LogP contribution in [-0.4, -0.2) is 22.3 Å². The maximum atomic E-state index is 12.9. The number of benzene rings is 2. The van der Waals surface area contributed by atoms with Crippen LogP contribution in [0.4, 0.5) is 14.5 Å². The molecule has 8 heteroatoms. The summed E-state index contributed by atoms with van der Waals surface area (Å²) in [6, 6.07) is 12.4. The molecule has 158 valence electrons. The lowest BCUT2D eigenvalue weighted by atomic mass is 10.1. The average Bonchev–Trinajstić information content (AvgIpc) is 2.73. The van der Waals surface area contributed by atoms with E-state index in [0.29, 0.717) is 23.0 Å². The molecule has 0 radical (unpaired) electrons. The number of nitrogens with one attached hydrogen (secondary N) is 1. The molecule has 0 saturated carbocycles. The normalized spacial score (nSPS) is 11.1. The van der Waals surface area contributed by atoms with Gasteiger partial charge < -0.3 is 10.1 Å². The van der Waals surface area contributed by atoms with Crippen molar-refractivity contribution in [3.63, 3.8) is 0 Å². The number of alkyl halides is 2. The van der Waals surface area contributed by atoms with Gasteiger partial charge in [-0.3, -0.25) is 9.59 Å². The standard InChI is InChI=1S/C22H23F2N3O3/c1-2-3-4-7-14-27-21(29)18-9-6-5-8-17(18)19(26-27)20(28)25-15-10-12-16(13-11-15)30-22(23)24/h5-6,8-13,22H,2-4,7,14H2,1H3,(H,25,28). The van der Waals surface area contributed by atoms with Crippen molar-refractivity contribution in [2.24, 2.45) is 0 Å². The van der Waals surface area contributed by atoms with Crippen LogP contribution >= 0.6 is 0 Å². The Morgan fingerprint density at radius 1 is 1.07 bits per heavy atom. The second kappa shape index (κ2) is 9.96. The van der Waals surface area contributed by atoms with Gasteiger partial charge in [0.15, 0.2) is 5.69 Å². The van der Waals surface area contributed by atoms with E-state index in [0.717, 1.165) is 25.7 Å². The Kier molecular flexibility index (Phi) is 7.11. The van der Waals surface area contributed by atoms with Crippen LogP contribution in [0.3, 0.4) is 0 Å². The van der Waals surface area contributed by atoms with Crippen LogP contribution in [0.1, 0.15) is 43.1 Å². The Hall–Kier alpha value is -3.29. The van der Waals surface area contributed by atoms with Crippen LogP contribution in [0.15, 0.2) is 53.3 Å². The average molecular weight is 415 g/mol. The van der Waals surface area contributed by atoms with Crippen molar-refractivity contribution in [1.82, 2.24) is 9.78 Å². The maximum absolute atomic E-state index is 12.9. The number of hydrogen-bond donors (Lipinski definition) is 1. The number of aromatic nitrogens is 2. The molecule has 0 aliphatic heterocycles.